The van der Waals surface area contributed by atoms with Gasteiger partial charge in [-0.05, 0) is 109 Å². The lowest BCUT2D eigenvalue weighted by molar-refractivity contribution is -0.340. The maximum atomic E-state index is 13.2. The normalized spacial score (nSPS) is 54.6. The molecule has 2 aliphatic heterocycles. The van der Waals surface area contributed by atoms with Gasteiger partial charge in [-0.3, -0.25) is 9.59 Å². The van der Waals surface area contributed by atoms with Crippen molar-refractivity contribution in [1.29, 1.82) is 0 Å². The Hall–Kier alpha value is -1.64. The number of allylic oxidation sites excluding steroid dienone is 2. The van der Waals surface area contributed by atoms with Crippen molar-refractivity contribution in [1.82, 2.24) is 5.32 Å². The van der Waals surface area contributed by atoms with Gasteiger partial charge >= 0.3 is 5.97 Å². The molecule has 1 amide bonds. The van der Waals surface area contributed by atoms with Crippen LogP contribution in [0.2, 0.25) is 0 Å². The highest BCUT2D eigenvalue weighted by Crippen LogP contribution is 2.77. The van der Waals surface area contributed by atoms with Crippen molar-refractivity contribution in [2.75, 3.05) is 26.4 Å². The summed E-state index contributed by atoms with van der Waals surface area (Å²) in [4.78, 5) is 25.6. The number of carbonyl (C=O) groups is 2. The van der Waals surface area contributed by atoms with Gasteiger partial charge < -0.3 is 50.5 Å². The highest BCUT2D eigenvalue weighted by molar-refractivity contribution is 5.78. The summed E-state index contributed by atoms with van der Waals surface area (Å²) in [6, 6.07) is 0. The average Bonchev–Trinajstić information content (AvgIpc) is 3.53. The van der Waals surface area contributed by atoms with E-state index >= 15 is 0 Å². The Labute approximate surface area is 307 Å². The molecule has 4 saturated carbocycles. The van der Waals surface area contributed by atoms with E-state index in [9.17, 15) is 45.3 Å². The third-order valence-electron chi connectivity index (χ3n) is 17.2. The lowest BCUT2D eigenvalue weighted by atomic mass is 9.31. The predicted molar refractivity (Wildman–Crippen MR) is 188 cm³/mol. The second kappa shape index (κ2) is 13.0. The fourth-order valence-electron chi connectivity index (χ4n) is 13.8. The van der Waals surface area contributed by atoms with Crippen LogP contribution in [0.3, 0.4) is 0 Å². The molecule has 0 aromatic rings. The molecule has 2 saturated heterocycles. The van der Waals surface area contributed by atoms with Crippen molar-refractivity contribution in [2.45, 2.75) is 136 Å². The van der Waals surface area contributed by atoms with Gasteiger partial charge in [-0.2, -0.15) is 0 Å². The molecule has 0 bridgehead atoms. The number of aliphatic hydroxyl groups excluding tert-OH is 6. The van der Waals surface area contributed by atoms with E-state index in [1.54, 1.807) is 0 Å². The summed E-state index contributed by atoms with van der Waals surface area (Å²) < 4.78 is 12.1. The van der Waals surface area contributed by atoms with E-state index < -0.39 is 59.0 Å². The van der Waals surface area contributed by atoms with Crippen LogP contribution in [0.15, 0.2) is 11.6 Å². The number of aliphatic hydroxyl groups is 6. The van der Waals surface area contributed by atoms with E-state index in [2.05, 4.69) is 39.1 Å². The first-order valence-corrected chi connectivity index (χ1v) is 19.8. The van der Waals surface area contributed by atoms with Crippen LogP contribution in [0, 0.1) is 62.1 Å². The second-order valence-corrected chi connectivity index (χ2v) is 19.5. The average molecular weight is 734 g/mol. The molecule has 12 nitrogen and oxygen atoms in total. The first-order valence-electron chi connectivity index (χ1n) is 19.8. The minimum Gasteiger partial charge on any atom is -0.481 e. The van der Waals surface area contributed by atoms with Crippen LogP contribution in [0.25, 0.3) is 0 Å². The number of ether oxygens (including phenoxy) is 2. The second-order valence-electron chi connectivity index (χ2n) is 19.5. The standard InChI is InChI=1S/C40H63NO11/c1-35(19-42)10-12-40(34(49)50)13-11-37(3)22(24(40)16-35)6-7-27-38(37,4)9-8-26-36(2,20-43)32(52-33-31(48)30(47)25(44)18-51-33)29(46)23(39(26,27)5)14-21-15-28(45)41-17-21/h6,21,23-27,29-33,42-44,46-48H,7-20H2,1-5H3,(H,41,45)(H,49,50). The maximum absolute atomic E-state index is 13.2. The minimum atomic E-state index is -1.56. The number of hydrogen-bond donors (Lipinski definition) is 8. The van der Waals surface area contributed by atoms with Crippen molar-refractivity contribution >= 4 is 11.9 Å². The highest BCUT2D eigenvalue weighted by atomic mass is 16.7. The van der Waals surface area contributed by atoms with Gasteiger partial charge in [0.05, 0.1) is 30.8 Å². The zero-order valence-corrected chi connectivity index (χ0v) is 31.6. The molecule has 52 heavy (non-hydrogen) atoms. The number of carbonyl (C=O) groups excluding carboxylic acids is 1. The molecule has 6 fully saturated rings. The summed E-state index contributed by atoms with van der Waals surface area (Å²) in [7, 11) is 0. The molecule has 12 heteroatoms. The van der Waals surface area contributed by atoms with Crippen LogP contribution in [0.5, 0.6) is 0 Å². The van der Waals surface area contributed by atoms with E-state index in [-0.39, 0.29) is 71.6 Å². The zero-order valence-electron chi connectivity index (χ0n) is 31.6. The molecule has 0 spiro atoms. The van der Waals surface area contributed by atoms with Gasteiger partial charge in [0.2, 0.25) is 5.91 Å². The van der Waals surface area contributed by atoms with E-state index in [1.165, 1.54) is 5.57 Å². The lowest BCUT2D eigenvalue weighted by Gasteiger charge is -2.73. The van der Waals surface area contributed by atoms with Gasteiger partial charge in [-0.1, -0.05) is 46.3 Å². The summed E-state index contributed by atoms with van der Waals surface area (Å²) in [5.74, 6) is -1.42. The van der Waals surface area contributed by atoms with E-state index in [0.717, 1.165) is 12.8 Å². The zero-order chi connectivity index (χ0) is 37.8. The molecule has 5 aliphatic carbocycles. The monoisotopic (exact) mass is 733 g/mol. The fourth-order valence-corrected chi connectivity index (χ4v) is 13.8. The first kappa shape index (κ1) is 38.6. The smallest absolute Gasteiger partial charge is 0.310 e. The Kier molecular flexibility index (Phi) is 9.63. The van der Waals surface area contributed by atoms with Gasteiger partial charge in [0, 0.05) is 25.0 Å². The number of aliphatic carboxylic acids is 1. The van der Waals surface area contributed by atoms with Crippen molar-refractivity contribution in [2.24, 2.45) is 62.1 Å². The molecule has 0 aromatic heterocycles. The quantitative estimate of drug-likeness (QED) is 0.141. The molecule has 294 valence electrons. The van der Waals surface area contributed by atoms with Gasteiger partial charge in [0.15, 0.2) is 6.29 Å². The van der Waals surface area contributed by atoms with E-state index in [1.807, 2.05) is 6.92 Å². The van der Waals surface area contributed by atoms with Crippen LogP contribution in [-0.2, 0) is 19.1 Å². The summed E-state index contributed by atoms with van der Waals surface area (Å²) in [6.45, 7) is 11.0. The fraction of sp³-hybridized carbons (Fsp3) is 0.900. The number of hydrogen-bond acceptors (Lipinski definition) is 10. The topological polar surface area (TPSA) is 206 Å². The van der Waals surface area contributed by atoms with Crippen LogP contribution in [-0.4, -0.2) is 111 Å². The number of carboxylic acid groups (broad SMARTS) is 1. The van der Waals surface area contributed by atoms with Crippen LogP contribution < -0.4 is 5.32 Å². The summed E-state index contributed by atoms with van der Waals surface area (Å²) in [6.07, 6.45) is 0.832. The van der Waals surface area contributed by atoms with Crippen molar-refractivity contribution in [3.05, 3.63) is 11.6 Å². The molecule has 0 aromatic carbocycles. The Balaban J connectivity index is 1.31. The van der Waals surface area contributed by atoms with Gasteiger partial charge in [0.1, 0.15) is 18.3 Å². The number of fused-ring (bicyclic) bond motifs is 7. The number of rotatable bonds is 7. The minimum absolute atomic E-state index is 0.0139. The van der Waals surface area contributed by atoms with Crippen LogP contribution in [0.4, 0.5) is 0 Å². The Morgan fingerprint density at radius 2 is 1.65 bits per heavy atom. The molecule has 2 heterocycles. The highest BCUT2D eigenvalue weighted by Gasteiger charge is 2.73. The Morgan fingerprint density at radius 1 is 0.942 bits per heavy atom. The number of nitrogens with one attached hydrogen (secondary N) is 1. The summed E-state index contributed by atoms with van der Waals surface area (Å²) in [5, 5.41) is 79.7. The largest absolute Gasteiger partial charge is 0.481 e. The van der Waals surface area contributed by atoms with Gasteiger partial charge in [-0.15, -0.1) is 0 Å². The summed E-state index contributed by atoms with van der Waals surface area (Å²) in [5.41, 5.74) is -2.13. The SMILES string of the molecule is CC1(CO)CCC2(C(=O)O)CCC3(C)C(=CCC4C5(C)C(CC6CNC(=O)C6)C(O)C(OC6OCC(O)C(O)C6O)C(C)(CO)C5CCC43C)C2C1. The third-order valence-corrected chi connectivity index (χ3v) is 17.2. The summed E-state index contributed by atoms with van der Waals surface area (Å²) >= 11 is 0. The molecule has 8 N–H and O–H groups in total. The van der Waals surface area contributed by atoms with Gasteiger partial charge in [-0.25, -0.2) is 0 Å². The van der Waals surface area contributed by atoms with Crippen molar-refractivity contribution in [3.63, 3.8) is 0 Å². The third kappa shape index (κ3) is 5.28. The molecule has 17 unspecified atom stereocenters. The molecule has 7 rings (SSSR count). The molecule has 7 aliphatic rings. The molecular weight excluding hydrogens is 670 g/mol. The molecule has 0 radical (unpaired) electrons. The Morgan fingerprint density at radius 3 is 2.29 bits per heavy atom. The molecular formula is C40H63NO11. The maximum Gasteiger partial charge on any atom is 0.310 e. The van der Waals surface area contributed by atoms with Crippen molar-refractivity contribution < 1.29 is 54.8 Å². The van der Waals surface area contributed by atoms with Crippen LogP contribution in [0.1, 0.15) is 98.8 Å². The number of carboxylic acids is 1. The van der Waals surface area contributed by atoms with Crippen LogP contribution >= 0.6 is 0 Å². The number of amides is 1. The predicted octanol–water partition coefficient (Wildman–Crippen LogP) is 2.36. The van der Waals surface area contributed by atoms with Gasteiger partial charge in [0.25, 0.3) is 0 Å². The Bertz CT molecular complexity index is 1460. The first-order chi connectivity index (χ1) is 24.3. The van der Waals surface area contributed by atoms with E-state index in [4.69, 9.17) is 9.47 Å². The van der Waals surface area contributed by atoms with E-state index in [0.29, 0.717) is 57.9 Å². The molecule has 17 atom stereocenters. The lowest BCUT2D eigenvalue weighted by Crippen LogP contribution is -2.72. The van der Waals surface area contributed by atoms with Crippen molar-refractivity contribution in [3.8, 4) is 0 Å².